The van der Waals surface area contributed by atoms with Gasteiger partial charge in [-0.3, -0.25) is 0 Å². The molecule has 1 fully saturated rings. The molecule has 1 aromatic carbocycles. The molecule has 2 heteroatoms. The molecule has 0 aliphatic heterocycles. The normalized spacial score (nSPS) is 17.9. The van der Waals surface area contributed by atoms with Crippen LogP contribution in [0, 0.1) is 5.92 Å². The average Bonchev–Trinajstić information content (AvgIpc) is 2.89. The Morgan fingerprint density at radius 3 is 2.32 bits per heavy atom. The first-order valence-corrected chi connectivity index (χ1v) is 7.65. The van der Waals surface area contributed by atoms with Crippen molar-refractivity contribution in [3.63, 3.8) is 0 Å². The van der Waals surface area contributed by atoms with Crippen LogP contribution < -0.4 is 10.1 Å². The fraction of sp³-hybridized carbons (Fsp3) is 0.647. The standard InChI is InChI=1S/C17H27NO/c1-13(2)12-18-14(3)15-8-10-17(11-9-15)19-16-6-4-5-7-16/h8-11,13-14,16,18H,4-7,12H2,1-3H3/t14-/m0/s1. The van der Waals surface area contributed by atoms with Gasteiger partial charge in [0.05, 0.1) is 6.10 Å². The predicted octanol–water partition coefficient (Wildman–Crippen LogP) is 4.31. The molecule has 0 amide bonds. The summed E-state index contributed by atoms with van der Waals surface area (Å²) >= 11 is 0. The number of benzene rings is 1. The Morgan fingerprint density at radius 1 is 1.11 bits per heavy atom. The molecule has 106 valence electrons. The van der Waals surface area contributed by atoms with Crippen LogP contribution in [0.4, 0.5) is 0 Å². The topological polar surface area (TPSA) is 21.3 Å². The Kier molecular flexibility index (Phi) is 5.26. The van der Waals surface area contributed by atoms with E-state index in [0.717, 1.165) is 12.3 Å². The van der Waals surface area contributed by atoms with Crippen LogP contribution in [0.2, 0.25) is 0 Å². The molecule has 1 aliphatic carbocycles. The highest BCUT2D eigenvalue weighted by atomic mass is 16.5. The van der Waals surface area contributed by atoms with Gasteiger partial charge in [-0.05, 0) is 62.8 Å². The summed E-state index contributed by atoms with van der Waals surface area (Å²) in [4.78, 5) is 0. The van der Waals surface area contributed by atoms with Crippen LogP contribution in [0.25, 0.3) is 0 Å². The maximum Gasteiger partial charge on any atom is 0.119 e. The maximum absolute atomic E-state index is 5.99. The highest BCUT2D eigenvalue weighted by Crippen LogP contribution is 2.25. The number of hydrogen-bond donors (Lipinski definition) is 1. The van der Waals surface area contributed by atoms with Crippen molar-refractivity contribution in [1.82, 2.24) is 5.32 Å². The highest BCUT2D eigenvalue weighted by molar-refractivity contribution is 5.29. The Balaban J connectivity index is 1.86. The maximum atomic E-state index is 5.99. The number of rotatable bonds is 6. The van der Waals surface area contributed by atoms with Crippen LogP contribution in [-0.2, 0) is 0 Å². The second-order valence-electron chi connectivity index (χ2n) is 6.12. The minimum atomic E-state index is 0.405. The fourth-order valence-corrected chi connectivity index (χ4v) is 2.56. The molecule has 0 unspecified atom stereocenters. The molecule has 2 nitrogen and oxygen atoms in total. The van der Waals surface area contributed by atoms with E-state index in [1.807, 2.05) is 0 Å². The zero-order chi connectivity index (χ0) is 13.7. The Morgan fingerprint density at radius 2 is 1.74 bits per heavy atom. The Labute approximate surface area is 117 Å². The third-order valence-electron chi connectivity index (χ3n) is 3.82. The smallest absolute Gasteiger partial charge is 0.119 e. The molecule has 1 aliphatic rings. The largest absolute Gasteiger partial charge is 0.490 e. The first-order valence-electron chi connectivity index (χ1n) is 7.65. The van der Waals surface area contributed by atoms with Gasteiger partial charge in [-0.2, -0.15) is 0 Å². The second kappa shape index (κ2) is 6.95. The van der Waals surface area contributed by atoms with Gasteiger partial charge < -0.3 is 10.1 Å². The van der Waals surface area contributed by atoms with Crippen molar-refractivity contribution < 1.29 is 4.74 Å². The van der Waals surface area contributed by atoms with Crippen molar-refractivity contribution in [3.8, 4) is 5.75 Å². The first-order chi connectivity index (χ1) is 9.15. The molecule has 0 heterocycles. The lowest BCUT2D eigenvalue weighted by atomic mass is 10.1. The van der Waals surface area contributed by atoms with Crippen molar-refractivity contribution in [2.24, 2.45) is 5.92 Å². The lowest BCUT2D eigenvalue weighted by Gasteiger charge is -2.17. The molecule has 1 atom stereocenters. The van der Waals surface area contributed by atoms with E-state index in [2.05, 4.69) is 50.4 Å². The summed E-state index contributed by atoms with van der Waals surface area (Å²) < 4.78 is 5.99. The molecular formula is C17H27NO. The Bertz CT molecular complexity index is 365. The van der Waals surface area contributed by atoms with Gasteiger partial charge in [0.25, 0.3) is 0 Å². The van der Waals surface area contributed by atoms with Crippen molar-refractivity contribution in [2.75, 3.05) is 6.54 Å². The number of ether oxygens (including phenoxy) is 1. The van der Waals surface area contributed by atoms with Crippen LogP contribution >= 0.6 is 0 Å². The summed E-state index contributed by atoms with van der Waals surface area (Å²) in [5, 5.41) is 3.55. The molecule has 1 saturated carbocycles. The fourth-order valence-electron chi connectivity index (χ4n) is 2.56. The molecule has 0 radical (unpaired) electrons. The minimum Gasteiger partial charge on any atom is -0.490 e. The predicted molar refractivity (Wildman–Crippen MR) is 80.6 cm³/mol. The van der Waals surface area contributed by atoms with Crippen LogP contribution in [0.3, 0.4) is 0 Å². The summed E-state index contributed by atoms with van der Waals surface area (Å²) in [6.07, 6.45) is 5.52. The quantitative estimate of drug-likeness (QED) is 0.823. The van der Waals surface area contributed by atoms with E-state index >= 15 is 0 Å². The van der Waals surface area contributed by atoms with E-state index in [1.54, 1.807) is 0 Å². The van der Waals surface area contributed by atoms with E-state index in [-0.39, 0.29) is 0 Å². The van der Waals surface area contributed by atoms with Crippen molar-refractivity contribution in [3.05, 3.63) is 29.8 Å². The monoisotopic (exact) mass is 261 g/mol. The lowest BCUT2D eigenvalue weighted by Crippen LogP contribution is -2.23. The zero-order valence-corrected chi connectivity index (χ0v) is 12.5. The Hall–Kier alpha value is -1.02. The van der Waals surface area contributed by atoms with E-state index in [4.69, 9.17) is 4.74 Å². The molecule has 19 heavy (non-hydrogen) atoms. The molecule has 0 bridgehead atoms. The van der Waals surface area contributed by atoms with E-state index < -0.39 is 0 Å². The summed E-state index contributed by atoms with van der Waals surface area (Å²) in [5.74, 6) is 1.71. The number of nitrogens with one attached hydrogen (secondary N) is 1. The first kappa shape index (κ1) is 14.4. The molecule has 2 rings (SSSR count). The van der Waals surface area contributed by atoms with Gasteiger partial charge in [0.15, 0.2) is 0 Å². The van der Waals surface area contributed by atoms with Crippen LogP contribution in [0.1, 0.15) is 58.1 Å². The van der Waals surface area contributed by atoms with Crippen molar-refractivity contribution in [1.29, 1.82) is 0 Å². The summed E-state index contributed by atoms with van der Waals surface area (Å²) in [7, 11) is 0. The third-order valence-corrected chi connectivity index (χ3v) is 3.82. The third kappa shape index (κ3) is 4.54. The lowest BCUT2D eigenvalue weighted by molar-refractivity contribution is 0.210. The van der Waals surface area contributed by atoms with Gasteiger partial charge in [0, 0.05) is 6.04 Å². The van der Waals surface area contributed by atoms with Gasteiger partial charge in [0.1, 0.15) is 5.75 Å². The highest BCUT2D eigenvalue weighted by Gasteiger charge is 2.16. The minimum absolute atomic E-state index is 0.405. The van der Waals surface area contributed by atoms with E-state index in [1.165, 1.54) is 31.2 Å². The molecule has 1 aromatic rings. The second-order valence-corrected chi connectivity index (χ2v) is 6.12. The molecule has 0 aromatic heterocycles. The van der Waals surface area contributed by atoms with Crippen LogP contribution in [0.15, 0.2) is 24.3 Å². The SMILES string of the molecule is CC(C)CN[C@@H](C)c1ccc(OC2CCCC2)cc1. The molecule has 0 saturated heterocycles. The molecule has 1 N–H and O–H groups in total. The van der Waals surface area contributed by atoms with Crippen molar-refractivity contribution in [2.45, 2.75) is 58.6 Å². The van der Waals surface area contributed by atoms with E-state index in [9.17, 15) is 0 Å². The molecule has 0 spiro atoms. The van der Waals surface area contributed by atoms with Gasteiger partial charge in [-0.15, -0.1) is 0 Å². The average molecular weight is 261 g/mol. The van der Waals surface area contributed by atoms with Gasteiger partial charge >= 0.3 is 0 Å². The summed E-state index contributed by atoms with van der Waals surface area (Å²) in [5.41, 5.74) is 1.33. The van der Waals surface area contributed by atoms with Crippen LogP contribution in [0.5, 0.6) is 5.75 Å². The molecular weight excluding hydrogens is 234 g/mol. The van der Waals surface area contributed by atoms with Crippen molar-refractivity contribution >= 4 is 0 Å². The van der Waals surface area contributed by atoms with Gasteiger partial charge in [-0.25, -0.2) is 0 Å². The van der Waals surface area contributed by atoms with E-state index in [0.29, 0.717) is 18.1 Å². The zero-order valence-electron chi connectivity index (χ0n) is 12.5. The van der Waals surface area contributed by atoms with Crippen LogP contribution in [-0.4, -0.2) is 12.6 Å². The summed E-state index contributed by atoms with van der Waals surface area (Å²) in [6, 6.07) is 9.00. The number of hydrogen-bond acceptors (Lipinski definition) is 2. The van der Waals surface area contributed by atoms with Gasteiger partial charge in [0.2, 0.25) is 0 Å². The summed E-state index contributed by atoms with van der Waals surface area (Å²) in [6.45, 7) is 7.74. The van der Waals surface area contributed by atoms with Gasteiger partial charge in [-0.1, -0.05) is 26.0 Å².